The number of hydrogen-bond donors (Lipinski definition) is 1. The van der Waals surface area contributed by atoms with E-state index in [1.807, 2.05) is 6.92 Å². The average molecular weight is 230 g/mol. The Balaban J connectivity index is 2.63. The van der Waals surface area contributed by atoms with Crippen molar-refractivity contribution in [2.75, 3.05) is 13.1 Å². The van der Waals surface area contributed by atoms with Crippen molar-refractivity contribution in [2.24, 2.45) is 0 Å². The Kier molecular flexibility index (Phi) is 4.72. The van der Waals surface area contributed by atoms with Crippen molar-refractivity contribution in [2.45, 2.75) is 13.3 Å². The molecule has 82 valence electrons. The maximum absolute atomic E-state index is 12.9. The molecule has 1 N–H and O–H groups in total. The standard InChI is InChI=1S/C11H13ClFNO/c1-2-14-7-10(15)6-8-5-9(13)3-4-11(8)12/h3-5,14H,2,6-7H2,1H3. The second kappa shape index (κ2) is 5.83. The Morgan fingerprint density at radius 3 is 2.93 bits per heavy atom. The van der Waals surface area contributed by atoms with Gasteiger partial charge >= 0.3 is 0 Å². The number of rotatable bonds is 5. The third-order valence-corrected chi connectivity index (χ3v) is 2.34. The summed E-state index contributed by atoms with van der Waals surface area (Å²) in [6.45, 7) is 2.95. The molecule has 0 aliphatic rings. The number of halogens is 2. The second-order valence-corrected chi connectivity index (χ2v) is 3.64. The molecule has 0 aliphatic carbocycles. The first-order valence-corrected chi connectivity index (χ1v) is 5.17. The topological polar surface area (TPSA) is 29.1 Å². The van der Waals surface area contributed by atoms with Gasteiger partial charge in [0.1, 0.15) is 5.82 Å². The lowest BCUT2D eigenvalue weighted by Crippen LogP contribution is -2.23. The molecule has 1 aromatic rings. The molecule has 0 aliphatic heterocycles. The van der Waals surface area contributed by atoms with E-state index >= 15 is 0 Å². The van der Waals surface area contributed by atoms with Gasteiger partial charge in [0.2, 0.25) is 0 Å². The zero-order chi connectivity index (χ0) is 11.3. The maximum Gasteiger partial charge on any atom is 0.151 e. The van der Waals surface area contributed by atoms with Crippen molar-refractivity contribution in [3.63, 3.8) is 0 Å². The van der Waals surface area contributed by atoms with Crippen LogP contribution in [0.4, 0.5) is 4.39 Å². The van der Waals surface area contributed by atoms with E-state index in [1.54, 1.807) is 0 Å². The zero-order valence-corrected chi connectivity index (χ0v) is 9.27. The number of nitrogens with one attached hydrogen (secondary N) is 1. The number of carbonyl (C=O) groups is 1. The molecule has 0 aromatic heterocycles. The van der Waals surface area contributed by atoms with Crippen LogP contribution in [-0.2, 0) is 11.2 Å². The van der Waals surface area contributed by atoms with Gasteiger partial charge in [-0.25, -0.2) is 4.39 Å². The molecular formula is C11H13ClFNO. The van der Waals surface area contributed by atoms with E-state index in [9.17, 15) is 9.18 Å². The monoisotopic (exact) mass is 229 g/mol. The van der Waals surface area contributed by atoms with Gasteiger partial charge in [-0.05, 0) is 30.3 Å². The lowest BCUT2D eigenvalue weighted by Gasteiger charge is -2.04. The summed E-state index contributed by atoms with van der Waals surface area (Å²) in [5.41, 5.74) is 0.541. The van der Waals surface area contributed by atoms with Gasteiger partial charge in [0, 0.05) is 11.4 Å². The number of likely N-dealkylation sites (N-methyl/N-ethyl adjacent to an activating group) is 1. The van der Waals surface area contributed by atoms with Crippen molar-refractivity contribution in [1.29, 1.82) is 0 Å². The maximum atomic E-state index is 12.9. The molecule has 0 atom stereocenters. The fourth-order valence-corrected chi connectivity index (χ4v) is 1.40. The minimum atomic E-state index is -0.370. The second-order valence-electron chi connectivity index (χ2n) is 3.23. The number of carbonyl (C=O) groups excluding carboxylic acids is 1. The molecule has 0 fully saturated rings. The molecule has 0 bridgehead atoms. The van der Waals surface area contributed by atoms with Crippen LogP contribution in [0.3, 0.4) is 0 Å². The summed E-state index contributed by atoms with van der Waals surface area (Å²) < 4.78 is 12.9. The highest BCUT2D eigenvalue weighted by atomic mass is 35.5. The third kappa shape index (κ3) is 3.98. The van der Waals surface area contributed by atoms with Crippen LogP contribution >= 0.6 is 11.6 Å². The third-order valence-electron chi connectivity index (χ3n) is 1.97. The van der Waals surface area contributed by atoms with Crippen LogP contribution in [-0.4, -0.2) is 18.9 Å². The van der Waals surface area contributed by atoms with Crippen LogP contribution in [0, 0.1) is 5.82 Å². The molecule has 0 spiro atoms. The van der Waals surface area contributed by atoms with Gasteiger partial charge in [-0.1, -0.05) is 18.5 Å². The molecule has 4 heteroatoms. The van der Waals surface area contributed by atoms with Gasteiger partial charge in [0.25, 0.3) is 0 Å². The van der Waals surface area contributed by atoms with Gasteiger partial charge in [-0.15, -0.1) is 0 Å². The van der Waals surface area contributed by atoms with Crippen LogP contribution in [0.15, 0.2) is 18.2 Å². The Morgan fingerprint density at radius 1 is 1.53 bits per heavy atom. The first-order chi connectivity index (χ1) is 7.13. The van der Waals surface area contributed by atoms with Gasteiger partial charge in [-0.3, -0.25) is 4.79 Å². The summed E-state index contributed by atoms with van der Waals surface area (Å²) in [5, 5.41) is 3.35. The molecule has 0 heterocycles. The number of hydrogen-bond acceptors (Lipinski definition) is 2. The number of ketones is 1. The normalized spacial score (nSPS) is 10.3. The summed E-state index contributed by atoms with van der Waals surface area (Å²) in [7, 11) is 0. The van der Waals surface area contributed by atoms with Crippen LogP contribution in [0.2, 0.25) is 5.02 Å². The van der Waals surface area contributed by atoms with E-state index in [2.05, 4.69) is 5.32 Å². The van der Waals surface area contributed by atoms with Crippen molar-refractivity contribution in [3.8, 4) is 0 Å². The van der Waals surface area contributed by atoms with E-state index in [-0.39, 0.29) is 18.0 Å². The molecule has 0 unspecified atom stereocenters. The highest BCUT2D eigenvalue weighted by Gasteiger charge is 2.07. The molecule has 0 saturated carbocycles. The SMILES string of the molecule is CCNCC(=O)Cc1cc(F)ccc1Cl. The molecule has 0 radical (unpaired) electrons. The molecule has 0 amide bonds. The van der Waals surface area contributed by atoms with Crippen molar-refractivity contribution >= 4 is 17.4 Å². The van der Waals surface area contributed by atoms with Crippen molar-refractivity contribution in [1.82, 2.24) is 5.32 Å². The molecule has 15 heavy (non-hydrogen) atoms. The Labute approximate surface area is 93.4 Å². The van der Waals surface area contributed by atoms with Crippen LogP contribution in [0.1, 0.15) is 12.5 Å². The van der Waals surface area contributed by atoms with Gasteiger partial charge in [0.15, 0.2) is 5.78 Å². The van der Waals surface area contributed by atoms with E-state index < -0.39 is 0 Å². The Bertz CT molecular complexity index is 354. The van der Waals surface area contributed by atoms with Crippen LogP contribution < -0.4 is 5.32 Å². The minimum Gasteiger partial charge on any atom is -0.310 e. The highest BCUT2D eigenvalue weighted by Crippen LogP contribution is 2.17. The summed E-state index contributed by atoms with van der Waals surface area (Å²) >= 11 is 5.84. The van der Waals surface area contributed by atoms with Gasteiger partial charge in [-0.2, -0.15) is 0 Å². The molecular weight excluding hydrogens is 217 g/mol. The Hall–Kier alpha value is -0.930. The molecule has 1 rings (SSSR count). The molecule has 1 aromatic carbocycles. The van der Waals surface area contributed by atoms with E-state index in [0.29, 0.717) is 17.1 Å². The molecule has 2 nitrogen and oxygen atoms in total. The fourth-order valence-electron chi connectivity index (χ4n) is 1.22. The summed E-state index contributed by atoms with van der Waals surface area (Å²) in [4.78, 5) is 11.4. The van der Waals surface area contributed by atoms with E-state index in [4.69, 9.17) is 11.6 Å². The van der Waals surface area contributed by atoms with Crippen LogP contribution in [0.25, 0.3) is 0 Å². The summed E-state index contributed by atoms with van der Waals surface area (Å²) in [6.07, 6.45) is 0.170. The largest absolute Gasteiger partial charge is 0.310 e. The van der Waals surface area contributed by atoms with Crippen LogP contribution in [0.5, 0.6) is 0 Å². The van der Waals surface area contributed by atoms with E-state index in [1.165, 1.54) is 18.2 Å². The fraction of sp³-hybridized carbons (Fsp3) is 0.364. The summed E-state index contributed by atoms with van der Waals surface area (Å²) in [6, 6.07) is 4.04. The average Bonchev–Trinajstić information content (AvgIpc) is 2.20. The predicted molar refractivity (Wildman–Crippen MR) is 58.7 cm³/mol. The Morgan fingerprint density at radius 2 is 2.27 bits per heavy atom. The van der Waals surface area contributed by atoms with Gasteiger partial charge < -0.3 is 5.32 Å². The van der Waals surface area contributed by atoms with Crippen molar-refractivity contribution in [3.05, 3.63) is 34.6 Å². The van der Waals surface area contributed by atoms with E-state index in [0.717, 1.165) is 6.54 Å². The van der Waals surface area contributed by atoms with Gasteiger partial charge in [0.05, 0.1) is 6.54 Å². The minimum absolute atomic E-state index is 0.00403. The number of Topliss-reactive ketones (excluding diaryl/α,β-unsaturated/α-hetero) is 1. The molecule has 0 saturated heterocycles. The first-order valence-electron chi connectivity index (χ1n) is 4.79. The highest BCUT2D eigenvalue weighted by molar-refractivity contribution is 6.31. The predicted octanol–water partition coefficient (Wildman–Crippen LogP) is 2.20. The lowest BCUT2D eigenvalue weighted by molar-refractivity contribution is -0.117. The first kappa shape index (κ1) is 12.1. The zero-order valence-electron chi connectivity index (χ0n) is 8.52. The smallest absolute Gasteiger partial charge is 0.151 e. The summed E-state index contributed by atoms with van der Waals surface area (Å²) in [5.74, 6) is -0.366. The van der Waals surface area contributed by atoms with Crippen molar-refractivity contribution < 1.29 is 9.18 Å². The quantitative estimate of drug-likeness (QED) is 0.839. The number of benzene rings is 1. The lowest BCUT2D eigenvalue weighted by atomic mass is 10.1.